The van der Waals surface area contributed by atoms with Crippen LogP contribution >= 0.6 is 0 Å². The fourth-order valence-electron chi connectivity index (χ4n) is 2.15. The van der Waals surface area contributed by atoms with E-state index in [0.29, 0.717) is 12.8 Å². The Morgan fingerprint density at radius 1 is 1.05 bits per heavy atom. The first-order valence-corrected chi connectivity index (χ1v) is 7.97. The van der Waals surface area contributed by atoms with Crippen molar-refractivity contribution in [2.24, 2.45) is 4.40 Å². The summed E-state index contributed by atoms with van der Waals surface area (Å²) >= 11 is 0. The van der Waals surface area contributed by atoms with Crippen molar-refractivity contribution >= 4 is 15.9 Å². The van der Waals surface area contributed by atoms with Crippen molar-refractivity contribution in [2.45, 2.75) is 30.3 Å². The molecule has 1 heterocycles. The van der Waals surface area contributed by atoms with Crippen molar-refractivity contribution < 1.29 is 21.6 Å². The summed E-state index contributed by atoms with van der Waals surface area (Å²) in [6.07, 6.45) is -2.76. The third kappa shape index (κ3) is 3.96. The number of sulfonamides is 1. The lowest BCUT2D eigenvalue weighted by molar-refractivity contribution is -0.0693. The van der Waals surface area contributed by atoms with Crippen LogP contribution in [0.15, 0.2) is 39.6 Å². The third-order valence-electron chi connectivity index (χ3n) is 3.16. The minimum Gasteiger partial charge on any atom is -0.352 e. The second-order valence-electron chi connectivity index (χ2n) is 4.75. The molecule has 0 aliphatic carbocycles. The number of hydrogen-bond acceptors (Lipinski definition) is 2. The highest BCUT2D eigenvalue weighted by Crippen LogP contribution is 2.25. The fraction of sp³-hybridized carbons (Fsp3) is 0.462. The smallest absolute Gasteiger partial charge is 0.352 e. The molecule has 0 radical (unpaired) electrons. The van der Waals surface area contributed by atoms with Crippen molar-refractivity contribution in [3.63, 3.8) is 0 Å². The van der Waals surface area contributed by atoms with E-state index in [1.54, 1.807) is 6.07 Å². The molecule has 116 valence electrons. The van der Waals surface area contributed by atoms with Gasteiger partial charge < -0.3 is 4.90 Å². The van der Waals surface area contributed by atoms with Crippen molar-refractivity contribution in [3.8, 4) is 0 Å². The van der Waals surface area contributed by atoms with Gasteiger partial charge in [0, 0.05) is 13.1 Å². The van der Waals surface area contributed by atoms with Crippen molar-refractivity contribution in [2.75, 3.05) is 13.1 Å². The molecular formula is C13H15F3N2O2S. The van der Waals surface area contributed by atoms with Crippen LogP contribution < -0.4 is 0 Å². The lowest BCUT2D eigenvalue weighted by Crippen LogP contribution is -2.44. The number of likely N-dealkylation sites (tertiary alicyclic amines) is 1. The Morgan fingerprint density at radius 2 is 1.62 bits per heavy atom. The summed E-state index contributed by atoms with van der Waals surface area (Å²) in [5, 5.41) is 0. The van der Waals surface area contributed by atoms with Crippen LogP contribution in [0.2, 0.25) is 0 Å². The van der Waals surface area contributed by atoms with Gasteiger partial charge in [0.25, 0.3) is 10.0 Å². The van der Waals surface area contributed by atoms with E-state index < -0.39 is 22.0 Å². The van der Waals surface area contributed by atoms with Gasteiger partial charge >= 0.3 is 6.18 Å². The maximum Gasteiger partial charge on any atom is 0.450 e. The molecule has 0 unspecified atom stereocenters. The average molecular weight is 320 g/mol. The second-order valence-corrected chi connectivity index (χ2v) is 6.35. The molecule has 0 aromatic heterocycles. The Balaban J connectivity index is 2.41. The molecule has 0 amide bonds. The van der Waals surface area contributed by atoms with Crippen LogP contribution in [0.3, 0.4) is 0 Å². The Hall–Kier alpha value is -1.57. The summed E-state index contributed by atoms with van der Waals surface area (Å²) in [4.78, 5) is 0.757. The highest BCUT2D eigenvalue weighted by Gasteiger charge is 2.41. The van der Waals surface area contributed by atoms with Crippen LogP contribution in [0.5, 0.6) is 0 Å². The summed E-state index contributed by atoms with van der Waals surface area (Å²) in [5.41, 5.74) is 0. The molecule has 1 saturated heterocycles. The zero-order valence-corrected chi connectivity index (χ0v) is 12.0. The standard InChI is InChI=1S/C13H15F3N2O2S/c14-13(15,16)12(18-9-5-2-6-10-18)17-21(19,20)11-7-3-1-4-8-11/h1,3-4,7-8H,2,5-6,9-10H2/b17-12-. The molecule has 1 aliphatic rings. The number of amidine groups is 1. The quantitative estimate of drug-likeness (QED) is 0.622. The molecule has 1 fully saturated rings. The van der Waals surface area contributed by atoms with E-state index >= 15 is 0 Å². The van der Waals surface area contributed by atoms with E-state index in [4.69, 9.17) is 0 Å². The molecule has 0 saturated carbocycles. The minimum absolute atomic E-state index is 0.169. The summed E-state index contributed by atoms with van der Waals surface area (Å²) in [6.45, 7) is 0.339. The Morgan fingerprint density at radius 3 is 2.14 bits per heavy atom. The summed E-state index contributed by atoms with van der Waals surface area (Å²) in [7, 11) is -4.37. The highest BCUT2D eigenvalue weighted by atomic mass is 32.2. The zero-order valence-electron chi connectivity index (χ0n) is 11.2. The van der Waals surface area contributed by atoms with Crippen LogP contribution in [0.4, 0.5) is 13.2 Å². The first-order chi connectivity index (χ1) is 9.81. The number of halogens is 3. The van der Waals surface area contributed by atoms with E-state index in [1.807, 2.05) is 0 Å². The maximum absolute atomic E-state index is 13.1. The van der Waals surface area contributed by atoms with Gasteiger partial charge in [0.05, 0.1) is 4.90 Å². The number of nitrogens with zero attached hydrogens (tertiary/aromatic N) is 2. The van der Waals surface area contributed by atoms with E-state index in [1.165, 1.54) is 24.3 Å². The SMILES string of the molecule is O=S(=O)(/N=C(\N1CCCCC1)C(F)(F)F)c1ccccc1. The van der Waals surface area contributed by atoms with Crippen molar-refractivity contribution in [1.82, 2.24) is 4.90 Å². The first kappa shape index (κ1) is 15.8. The molecule has 4 nitrogen and oxygen atoms in total. The van der Waals surface area contributed by atoms with E-state index in [-0.39, 0.29) is 18.0 Å². The maximum atomic E-state index is 13.1. The predicted octanol–water partition coefficient (Wildman–Crippen LogP) is 2.82. The van der Waals surface area contributed by atoms with E-state index in [0.717, 1.165) is 11.3 Å². The average Bonchev–Trinajstić information content (AvgIpc) is 2.46. The Kier molecular flexibility index (Phi) is 4.55. The lowest BCUT2D eigenvalue weighted by Gasteiger charge is -2.30. The molecule has 8 heteroatoms. The number of piperidine rings is 1. The van der Waals surface area contributed by atoms with Gasteiger partial charge in [-0.1, -0.05) is 18.2 Å². The molecule has 0 atom stereocenters. The van der Waals surface area contributed by atoms with Gasteiger partial charge in [-0.3, -0.25) is 0 Å². The first-order valence-electron chi connectivity index (χ1n) is 6.53. The molecule has 0 bridgehead atoms. The van der Waals surface area contributed by atoms with Gasteiger partial charge in [-0.15, -0.1) is 4.40 Å². The molecule has 21 heavy (non-hydrogen) atoms. The molecule has 2 rings (SSSR count). The largest absolute Gasteiger partial charge is 0.450 e. The summed E-state index contributed by atoms with van der Waals surface area (Å²) < 4.78 is 66.4. The second kappa shape index (κ2) is 6.05. The molecule has 1 aromatic rings. The minimum atomic E-state index is -4.79. The van der Waals surface area contributed by atoms with Crippen molar-refractivity contribution in [3.05, 3.63) is 30.3 Å². The Labute approximate surface area is 121 Å². The van der Waals surface area contributed by atoms with Crippen LogP contribution in [0.25, 0.3) is 0 Å². The van der Waals surface area contributed by atoms with Crippen LogP contribution in [-0.2, 0) is 10.0 Å². The van der Waals surface area contributed by atoms with Crippen molar-refractivity contribution in [1.29, 1.82) is 0 Å². The normalized spacial score (nSPS) is 17.9. The predicted molar refractivity (Wildman–Crippen MR) is 72.5 cm³/mol. The molecular weight excluding hydrogens is 305 g/mol. The topological polar surface area (TPSA) is 49.7 Å². The van der Waals surface area contributed by atoms with Gasteiger partial charge in [-0.2, -0.15) is 21.6 Å². The Bertz CT molecular complexity index is 606. The van der Waals surface area contributed by atoms with Gasteiger partial charge in [0.1, 0.15) is 0 Å². The molecule has 1 aliphatic heterocycles. The third-order valence-corrected chi connectivity index (χ3v) is 4.44. The van der Waals surface area contributed by atoms with Gasteiger partial charge in [-0.25, -0.2) is 0 Å². The van der Waals surface area contributed by atoms with Gasteiger partial charge in [0.2, 0.25) is 5.84 Å². The van der Waals surface area contributed by atoms with Gasteiger partial charge in [0.15, 0.2) is 0 Å². The summed E-state index contributed by atoms with van der Waals surface area (Å²) in [5.74, 6) is -1.33. The van der Waals surface area contributed by atoms with E-state index in [9.17, 15) is 21.6 Å². The molecule has 0 N–H and O–H groups in total. The monoisotopic (exact) mass is 320 g/mol. The van der Waals surface area contributed by atoms with Crippen LogP contribution in [0.1, 0.15) is 19.3 Å². The lowest BCUT2D eigenvalue weighted by atomic mass is 10.1. The number of rotatable bonds is 2. The zero-order chi connectivity index (χ0) is 15.5. The number of benzene rings is 1. The number of alkyl halides is 3. The fourth-order valence-corrected chi connectivity index (χ4v) is 3.21. The van der Waals surface area contributed by atoms with Crippen LogP contribution in [0, 0.1) is 0 Å². The highest BCUT2D eigenvalue weighted by molar-refractivity contribution is 7.90. The summed E-state index contributed by atoms with van der Waals surface area (Å²) in [6, 6.07) is 6.91. The number of hydrogen-bond donors (Lipinski definition) is 0. The van der Waals surface area contributed by atoms with Crippen LogP contribution in [-0.4, -0.2) is 38.4 Å². The molecule has 0 spiro atoms. The van der Waals surface area contributed by atoms with Gasteiger partial charge in [-0.05, 0) is 31.4 Å². The van der Waals surface area contributed by atoms with E-state index in [2.05, 4.69) is 4.40 Å². The molecule has 1 aromatic carbocycles.